The molecular weight excluding hydrogens is 549 g/mol. The maximum Gasteiger partial charge on any atom is 0.419 e. The van der Waals surface area contributed by atoms with Crippen molar-refractivity contribution in [2.45, 2.75) is 56.9 Å². The molecule has 1 N–H and O–H groups in total. The highest BCUT2D eigenvalue weighted by molar-refractivity contribution is 5.91. The summed E-state index contributed by atoms with van der Waals surface area (Å²) in [7, 11) is 2.04. The molecule has 3 aliphatic rings. The molecule has 0 aromatic carbocycles. The van der Waals surface area contributed by atoms with Gasteiger partial charge in [0.05, 0.1) is 36.0 Å². The molecule has 5 rings (SSSR count). The third-order valence-corrected chi connectivity index (χ3v) is 8.06. The van der Waals surface area contributed by atoms with E-state index in [0.717, 1.165) is 31.0 Å². The molecule has 5 heterocycles. The summed E-state index contributed by atoms with van der Waals surface area (Å²) in [4.78, 5) is 32.0. The lowest BCUT2D eigenvalue weighted by Crippen LogP contribution is -2.52. The Morgan fingerprint density at radius 3 is 2.88 bits per heavy atom. The maximum absolute atomic E-state index is 13.8. The number of carbonyl (C=O) groups is 1. The van der Waals surface area contributed by atoms with Crippen LogP contribution in [0.25, 0.3) is 6.08 Å². The summed E-state index contributed by atoms with van der Waals surface area (Å²) in [5, 5.41) is 12.3. The molecule has 0 unspecified atom stereocenters. The number of hydrogen-bond donors (Lipinski definition) is 1. The number of ether oxygens (including phenoxy) is 1. The largest absolute Gasteiger partial charge is 0.462 e. The smallest absolute Gasteiger partial charge is 0.419 e. The molecule has 2 aromatic rings. The number of nitrogens with one attached hydrogen (secondary N) is 1. The predicted octanol–water partition coefficient (Wildman–Crippen LogP) is 3.04. The second-order valence-corrected chi connectivity index (χ2v) is 10.9. The molecule has 13 heteroatoms. The van der Waals surface area contributed by atoms with Crippen molar-refractivity contribution < 1.29 is 22.7 Å². The van der Waals surface area contributed by atoms with Crippen LogP contribution in [0.15, 0.2) is 24.4 Å². The standard InChI is InChI=1S/C29H35F3N8O2/c1-38-14-3-5-21(38)19-42-28-36-24(8-9-26(41)39-16-13-34-20(17-39)10-11-33)22-6-4-15-40(18-25(22)37-28)27-23(29(30,31)32)7-2-12-35-27/h2,7-9,12,20-21,34H,3-6,10,13-19H2,1H3/t20-,21-/m0/s1. The van der Waals surface area contributed by atoms with E-state index in [1.165, 1.54) is 18.3 Å². The van der Waals surface area contributed by atoms with Crippen LogP contribution in [0, 0.1) is 11.3 Å². The number of anilines is 1. The minimum absolute atomic E-state index is 0.0793. The number of halogens is 3. The molecule has 10 nitrogen and oxygen atoms in total. The van der Waals surface area contributed by atoms with E-state index in [1.807, 2.05) is 7.05 Å². The highest BCUT2D eigenvalue weighted by atomic mass is 19.4. The van der Waals surface area contributed by atoms with E-state index in [9.17, 15) is 18.0 Å². The fraction of sp³-hybridized carbons (Fsp3) is 0.552. The number of alkyl halides is 3. The van der Waals surface area contributed by atoms with Crippen LogP contribution in [0.1, 0.15) is 48.2 Å². The number of nitrogens with zero attached hydrogens (tertiary/aromatic N) is 7. The van der Waals surface area contributed by atoms with Gasteiger partial charge in [-0.05, 0) is 57.5 Å². The second kappa shape index (κ2) is 13.0. The van der Waals surface area contributed by atoms with Gasteiger partial charge in [-0.25, -0.2) is 4.98 Å². The number of rotatable bonds is 7. The van der Waals surface area contributed by atoms with Gasteiger partial charge in [0.15, 0.2) is 0 Å². The van der Waals surface area contributed by atoms with E-state index in [0.29, 0.717) is 63.4 Å². The first-order chi connectivity index (χ1) is 20.2. The molecule has 0 spiro atoms. The predicted molar refractivity (Wildman–Crippen MR) is 149 cm³/mol. The molecule has 0 bridgehead atoms. The lowest BCUT2D eigenvalue weighted by Gasteiger charge is -2.32. The summed E-state index contributed by atoms with van der Waals surface area (Å²) in [5.74, 6) is -0.329. The Morgan fingerprint density at radius 1 is 1.26 bits per heavy atom. The fourth-order valence-corrected chi connectivity index (χ4v) is 5.78. The number of aromatic nitrogens is 3. The van der Waals surface area contributed by atoms with Gasteiger partial charge in [0.25, 0.3) is 0 Å². The van der Waals surface area contributed by atoms with Crippen LogP contribution in [0.5, 0.6) is 6.01 Å². The van der Waals surface area contributed by atoms with Gasteiger partial charge in [-0.1, -0.05) is 0 Å². The maximum atomic E-state index is 13.8. The number of likely N-dealkylation sites (N-methyl/N-ethyl adjacent to an activating group) is 1. The summed E-state index contributed by atoms with van der Waals surface area (Å²) in [6.07, 6.45) is 3.40. The van der Waals surface area contributed by atoms with Crippen molar-refractivity contribution in [2.75, 3.05) is 51.3 Å². The summed E-state index contributed by atoms with van der Waals surface area (Å²) >= 11 is 0. The quantitative estimate of drug-likeness (QED) is 0.491. The molecule has 42 heavy (non-hydrogen) atoms. The van der Waals surface area contributed by atoms with E-state index in [1.54, 1.807) is 15.9 Å². The van der Waals surface area contributed by atoms with E-state index in [4.69, 9.17) is 10.00 Å². The summed E-state index contributed by atoms with van der Waals surface area (Å²) in [6.45, 7) is 3.38. The van der Waals surface area contributed by atoms with Crippen molar-refractivity contribution in [1.82, 2.24) is 30.1 Å². The Bertz CT molecular complexity index is 1350. The third-order valence-electron chi connectivity index (χ3n) is 8.06. The van der Waals surface area contributed by atoms with Gasteiger partial charge in [-0.15, -0.1) is 0 Å². The minimum Gasteiger partial charge on any atom is -0.462 e. The number of piperazine rings is 1. The zero-order valence-electron chi connectivity index (χ0n) is 23.6. The average Bonchev–Trinajstić information content (AvgIpc) is 3.26. The van der Waals surface area contributed by atoms with Gasteiger partial charge in [0.1, 0.15) is 12.4 Å². The fourth-order valence-electron chi connectivity index (χ4n) is 5.78. The van der Waals surface area contributed by atoms with E-state index in [-0.39, 0.29) is 36.4 Å². The Kier molecular flexibility index (Phi) is 9.23. The zero-order valence-corrected chi connectivity index (χ0v) is 23.6. The molecule has 0 saturated carbocycles. The number of amides is 1. The molecule has 0 aliphatic carbocycles. The monoisotopic (exact) mass is 584 g/mol. The summed E-state index contributed by atoms with van der Waals surface area (Å²) in [6, 6.07) is 4.74. The topological polar surface area (TPSA) is 111 Å². The average molecular weight is 585 g/mol. The van der Waals surface area contributed by atoms with Crippen molar-refractivity contribution in [2.24, 2.45) is 0 Å². The minimum atomic E-state index is -4.55. The number of hydrogen-bond acceptors (Lipinski definition) is 9. The van der Waals surface area contributed by atoms with Crippen LogP contribution in [0.3, 0.4) is 0 Å². The Labute approximate surface area is 243 Å². The van der Waals surface area contributed by atoms with E-state index >= 15 is 0 Å². The zero-order chi connectivity index (χ0) is 29.7. The van der Waals surface area contributed by atoms with Crippen molar-refractivity contribution in [3.63, 3.8) is 0 Å². The van der Waals surface area contributed by atoms with Crippen LogP contribution in [-0.4, -0.2) is 89.1 Å². The molecule has 224 valence electrons. The van der Waals surface area contributed by atoms with Gasteiger partial charge in [-0.3, -0.25) is 4.79 Å². The summed E-state index contributed by atoms with van der Waals surface area (Å²) < 4.78 is 47.5. The molecular formula is C29H35F3N8O2. The molecule has 0 radical (unpaired) electrons. The number of fused-ring (bicyclic) bond motifs is 1. The third kappa shape index (κ3) is 6.99. The highest BCUT2D eigenvalue weighted by Crippen LogP contribution is 2.36. The van der Waals surface area contributed by atoms with Crippen molar-refractivity contribution in [3.05, 3.63) is 46.9 Å². The first-order valence-electron chi connectivity index (χ1n) is 14.3. The van der Waals surface area contributed by atoms with Crippen LogP contribution < -0.4 is 15.0 Å². The van der Waals surface area contributed by atoms with Crippen molar-refractivity contribution in [3.8, 4) is 12.1 Å². The second-order valence-electron chi connectivity index (χ2n) is 10.9. The molecule has 1 amide bonds. The van der Waals surface area contributed by atoms with Gasteiger partial charge < -0.3 is 24.8 Å². The van der Waals surface area contributed by atoms with Crippen molar-refractivity contribution >= 4 is 17.8 Å². The first-order valence-corrected chi connectivity index (χ1v) is 14.3. The highest BCUT2D eigenvalue weighted by Gasteiger charge is 2.36. The van der Waals surface area contributed by atoms with Crippen LogP contribution >= 0.6 is 0 Å². The Balaban J connectivity index is 1.43. The van der Waals surface area contributed by atoms with Gasteiger partial charge >= 0.3 is 12.2 Å². The van der Waals surface area contributed by atoms with Gasteiger partial charge in [-0.2, -0.15) is 28.4 Å². The lowest BCUT2D eigenvalue weighted by atomic mass is 10.1. The Hall–Kier alpha value is -3.76. The number of nitriles is 1. The molecule has 2 fully saturated rings. The Morgan fingerprint density at radius 2 is 2.12 bits per heavy atom. The molecule has 3 aliphatic heterocycles. The van der Waals surface area contributed by atoms with Crippen LogP contribution in [-0.2, 0) is 23.9 Å². The normalized spacial score (nSPS) is 21.7. The molecule has 2 atom stereocenters. The SMILES string of the molecule is CN1CCC[C@H]1COc1nc(C=CC(=O)N2CCN[C@@H](CC#N)C2)c2c(n1)CN(c1ncccc1C(F)(F)F)CCC2. The number of pyridine rings is 1. The van der Waals surface area contributed by atoms with Crippen LogP contribution in [0.2, 0.25) is 0 Å². The van der Waals surface area contributed by atoms with Gasteiger partial charge in [0, 0.05) is 56.1 Å². The van der Waals surface area contributed by atoms with E-state index < -0.39 is 11.7 Å². The van der Waals surface area contributed by atoms with Crippen molar-refractivity contribution in [1.29, 1.82) is 5.26 Å². The number of likely N-dealkylation sites (tertiary alicyclic amines) is 1. The lowest BCUT2D eigenvalue weighted by molar-refractivity contribution is -0.137. The number of carbonyl (C=O) groups excluding carboxylic acids is 1. The molecule has 2 aromatic heterocycles. The first kappa shape index (κ1) is 29.7. The van der Waals surface area contributed by atoms with Crippen LogP contribution in [0.4, 0.5) is 19.0 Å². The van der Waals surface area contributed by atoms with E-state index in [2.05, 4.69) is 31.2 Å². The molecule has 2 saturated heterocycles. The summed E-state index contributed by atoms with van der Waals surface area (Å²) in [5.41, 5.74) is 1.06. The van der Waals surface area contributed by atoms with Gasteiger partial charge in [0.2, 0.25) is 5.91 Å².